The summed E-state index contributed by atoms with van der Waals surface area (Å²) in [5.74, 6) is -0.281. The number of hydrogen-bond donors (Lipinski definition) is 1. The maximum atomic E-state index is 13.1. The fourth-order valence-corrected chi connectivity index (χ4v) is 4.47. The van der Waals surface area contributed by atoms with Crippen LogP contribution < -0.4 is 10.5 Å². The number of benzene rings is 3. The van der Waals surface area contributed by atoms with Crippen LogP contribution >= 0.6 is 0 Å². The fourth-order valence-electron chi connectivity index (χ4n) is 4.47. The predicted octanol–water partition coefficient (Wildman–Crippen LogP) is 4.22. The Morgan fingerprint density at radius 3 is 2.18 bits per heavy atom. The molecule has 9 nitrogen and oxygen atoms in total. The van der Waals surface area contributed by atoms with Crippen molar-refractivity contribution in [3.05, 3.63) is 106 Å². The monoisotopic (exact) mass is 509 g/mol. The summed E-state index contributed by atoms with van der Waals surface area (Å²) in [7, 11) is 6.80. The van der Waals surface area contributed by atoms with Crippen molar-refractivity contribution < 1.29 is 14.3 Å². The van der Waals surface area contributed by atoms with Gasteiger partial charge in [0.2, 0.25) is 11.7 Å². The first-order chi connectivity index (χ1) is 18.3. The smallest absolute Gasteiger partial charge is 0.297 e. The molecular formula is C29H27N5O4. The lowest BCUT2D eigenvalue weighted by molar-refractivity contribution is 0.0827. The Kier molecular flexibility index (Phi) is 6.42. The van der Waals surface area contributed by atoms with Crippen molar-refractivity contribution in [1.29, 1.82) is 0 Å². The summed E-state index contributed by atoms with van der Waals surface area (Å²) >= 11 is 0. The molecule has 1 N–H and O–H groups in total. The average molecular weight is 510 g/mol. The van der Waals surface area contributed by atoms with Crippen LogP contribution in [0, 0.1) is 0 Å². The van der Waals surface area contributed by atoms with Crippen molar-refractivity contribution in [2.75, 3.05) is 26.0 Å². The Bertz CT molecular complexity index is 1640. The largest absolute Gasteiger partial charge is 0.501 e. The number of amides is 1. The van der Waals surface area contributed by atoms with Crippen molar-refractivity contribution >= 4 is 23.0 Å². The molecule has 3 aromatic carbocycles. The molecule has 0 fully saturated rings. The van der Waals surface area contributed by atoms with Crippen molar-refractivity contribution in [3.8, 4) is 17.3 Å². The van der Waals surface area contributed by atoms with Crippen LogP contribution in [0.15, 0.2) is 88.1 Å². The van der Waals surface area contributed by atoms with Gasteiger partial charge in [-0.1, -0.05) is 54.6 Å². The lowest BCUT2D eigenvalue weighted by Crippen LogP contribution is -2.33. The zero-order valence-corrected chi connectivity index (χ0v) is 21.5. The van der Waals surface area contributed by atoms with Gasteiger partial charge in [-0.25, -0.2) is 9.97 Å². The van der Waals surface area contributed by atoms with Gasteiger partial charge in [0, 0.05) is 33.8 Å². The van der Waals surface area contributed by atoms with Crippen LogP contribution in [-0.4, -0.2) is 51.6 Å². The number of rotatable bonds is 6. The highest BCUT2D eigenvalue weighted by Gasteiger charge is 2.27. The number of nitrogens with zero attached hydrogens (tertiary/aromatic N) is 5. The van der Waals surface area contributed by atoms with Gasteiger partial charge in [-0.2, -0.15) is 0 Å². The van der Waals surface area contributed by atoms with E-state index >= 15 is 0 Å². The Balaban J connectivity index is 1.63. The number of aromatic hydroxyl groups is 1. The van der Waals surface area contributed by atoms with Gasteiger partial charge >= 0.3 is 0 Å². The van der Waals surface area contributed by atoms with E-state index in [1.807, 2.05) is 66.5 Å². The second-order valence-corrected chi connectivity index (χ2v) is 9.21. The zero-order chi connectivity index (χ0) is 27.0. The predicted molar refractivity (Wildman–Crippen MR) is 145 cm³/mol. The second kappa shape index (κ2) is 9.85. The van der Waals surface area contributed by atoms with Gasteiger partial charge in [0.15, 0.2) is 11.3 Å². The van der Waals surface area contributed by atoms with Crippen LogP contribution in [0.1, 0.15) is 27.5 Å². The van der Waals surface area contributed by atoms with E-state index in [2.05, 4.69) is 9.97 Å². The third kappa shape index (κ3) is 4.39. The molecule has 0 aliphatic rings. The molecule has 1 amide bonds. The van der Waals surface area contributed by atoms with Crippen LogP contribution in [-0.2, 0) is 7.05 Å². The molecule has 0 aliphatic carbocycles. The molecule has 2 heterocycles. The van der Waals surface area contributed by atoms with Crippen molar-refractivity contribution in [1.82, 2.24) is 19.4 Å². The van der Waals surface area contributed by atoms with E-state index in [0.29, 0.717) is 22.6 Å². The van der Waals surface area contributed by atoms with E-state index in [1.165, 1.54) is 9.47 Å². The van der Waals surface area contributed by atoms with Crippen LogP contribution in [0.4, 0.5) is 5.95 Å². The fraction of sp³-hybridized carbons (Fsp3) is 0.172. The normalized spacial score (nSPS) is 11.9. The standard InChI is InChI=1S/C29H27N5O4/c1-32(2)27(36)20-16-14-19(15-17-20)24(18-10-6-5-7-11-18)33(3)29-31-23(25(35)28(37)34(29)4)26-30-21-12-8-9-13-22(21)38-26/h5-17,24,35H,1-4H3. The molecule has 0 bridgehead atoms. The summed E-state index contributed by atoms with van der Waals surface area (Å²) in [6, 6.07) is 24.0. The summed E-state index contributed by atoms with van der Waals surface area (Å²) in [6.07, 6.45) is 0. The molecule has 0 saturated carbocycles. The van der Waals surface area contributed by atoms with Gasteiger partial charge in [0.1, 0.15) is 5.52 Å². The minimum Gasteiger partial charge on any atom is -0.501 e. The lowest BCUT2D eigenvalue weighted by atomic mass is 9.96. The van der Waals surface area contributed by atoms with Gasteiger partial charge in [-0.05, 0) is 35.4 Å². The van der Waals surface area contributed by atoms with E-state index in [1.54, 1.807) is 45.4 Å². The Morgan fingerprint density at radius 2 is 1.53 bits per heavy atom. The summed E-state index contributed by atoms with van der Waals surface area (Å²) < 4.78 is 7.11. The second-order valence-electron chi connectivity index (χ2n) is 9.21. The summed E-state index contributed by atoms with van der Waals surface area (Å²) in [5, 5.41) is 10.7. The van der Waals surface area contributed by atoms with Crippen LogP contribution in [0.2, 0.25) is 0 Å². The van der Waals surface area contributed by atoms with Gasteiger partial charge in [-0.3, -0.25) is 14.2 Å². The number of carbonyl (C=O) groups is 1. The minimum atomic E-state index is -0.627. The number of oxazole rings is 1. The number of para-hydroxylation sites is 2. The van der Waals surface area contributed by atoms with E-state index in [0.717, 1.165) is 11.1 Å². The summed E-state index contributed by atoms with van der Waals surface area (Å²) in [5.41, 5.74) is 2.86. The minimum absolute atomic E-state index is 0.0371. The molecule has 0 saturated heterocycles. The van der Waals surface area contributed by atoms with Gasteiger partial charge in [-0.15, -0.1) is 0 Å². The highest BCUT2D eigenvalue weighted by atomic mass is 16.4. The van der Waals surface area contributed by atoms with Gasteiger partial charge in [0.05, 0.1) is 6.04 Å². The number of aromatic nitrogens is 3. The van der Waals surface area contributed by atoms with Gasteiger partial charge < -0.3 is 19.3 Å². The van der Waals surface area contributed by atoms with Crippen molar-refractivity contribution in [3.63, 3.8) is 0 Å². The Morgan fingerprint density at radius 1 is 0.895 bits per heavy atom. The molecule has 0 aliphatic heterocycles. The molecule has 1 unspecified atom stereocenters. The zero-order valence-electron chi connectivity index (χ0n) is 21.5. The molecule has 0 spiro atoms. The maximum absolute atomic E-state index is 13.1. The van der Waals surface area contributed by atoms with Crippen LogP contribution in [0.3, 0.4) is 0 Å². The molecule has 9 heteroatoms. The van der Waals surface area contributed by atoms with Crippen LogP contribution in [0.5, 0.6) is 5.75 Å². The molecule has 5 aromatic rings. The number of anilines is 1. The first-order valence-corrected chi connectivity index (χ1v) is 12.0. The molecule has 38 heavy (non-hydrogen) atoms. The number of hydrogen-bond acceptors (Lipinski definition) is 7. The Hall–Kier alpha value is -4.92. The van der Waals surface area contributed by atoms with E-state index in [-0.39, 0.29) is 23.5 Å². The molecular weight excluding hydrogens is 482 g/mol. The first-order valence-electron chi connectivity index (χ1n) is 12.0. The van der Waals surface area contributed by atoms with Crippen molar-refractivity contribution in [2.45, 2.75) is 6.04 Å². The highest BCUT2D eigenvalue weighted by Crippen LogP contribution is 2.34. The third-order valence-corrected chi connectivity index (χ3v) is 6.44. The lowest BCUT2D eigenvalue weighted by Gasteiger charge is -2.31. The SMILES string of the molecule is CN(C)C(=O)c1ccc(C(c2ccccc2)N(C)c2nc(-c3nc4ccccc4o3)c(O)c(=O)n2C)cc1. The maximum Gasteiger partial charge on any atom is 0.297 e. The van der Waals surface area contributed by atoms with E-state index < -0.39 is 11.3 Å². The first kappa shape index (κ1) is 24.8. The van der Waals surface area contributed by atoms with Crippen molar-refractivity contribution in [2.24, 2.45) is 7.05 Å². The average Bonchev–Trinajstić information content (AvgIpc) is 3.36. The molecule has 5 rings (SSSR count). The van der Waals surface area contributed by atoms with Crippen LogP contribution in [0.25, 0.3) is 22.7 Å². The molecule has 2 aromatic heterocycles. The summed E-state index contributed by atoms with van der Waals surface area (Å²) in [4.78, 5) is 38.0. The van der Waals surface area contributed by atoms with E-state index in [4.69, 9.17) is 4.42 Å². The number of fused-ring (bicyclic) bond motifs is 1. The molecule has 192 valence electrons. The Labute approximate surface area is 219 Å². The third-order valence-electron chi connectivity index (χ3n) is 6.44. The van der Waals surface area contributed by atoms with Gasteiger partial charge in [0.25, 0.3) is 17.4 Å². The quantitative estimate of drug-likeness (QED) is 0.365. The molecule has 1 atom stereocenters. The number of carbonyl (C=O) groups excluding carboxylic acids is 1. The summed E-state index contributed by atoms with van der Waals surface area (Å²) in [6.45, 7) is 0. The topological polar surface area (TPSA) is 105 Å². The highest BCUT2D eigenvalue weighted by molar-refractivity contribution is 5.93. The van der Waals surface area contributed by atoms with E-state index in [9.17, 15) is 14.7 Å². The molecule has 0 radical (unpaired) electrons.